The molecule has 28 heavy (non-hydrogen) atoms. The molecular weight excluding hydrogens is 390 g/mol. The van der Waals surface area contributed by atoms with Crippen molar-refractivity contribution in [3.05, 3.63) is 53.5 Å². The fraction of sp³-hybridized carbons (Fsp3) is 0.381. The van der Waals surface area contributed by atoms with Crippen molar-refractivity contribution in [1.29, 1.82) is 0 Å². The van der Waals surface area contributed by atoms with Crippen LogP contribution in [0.2, 0.25) is 0 Å². The molecule has 5 nitrogen and oxygen atoms in total. The van der Waals surface area contributed by atoms with Crippen molar-refractivity contribution in [3.63, 3.8) is 0 Å². The average molecular weight is 414 g/mol. The zero-order valence-corrected chi connectivity index (χ0v) is 17.2. The Balaban J connectivity index is 1.14. The van der Waals surface area contributed by atoms with Gasteiger partial charge in [-0.3, -0.25) is 9.88 Å². The van der Waals surface area contributed by atoms with Gasteiger partial charge < -0.3 is 9.29 Å². The molecule has 2 aromatic heterocycles. The molecule has 1 saturated heterocycles. The maximum atomic E-state index is 12.7. The van der Waals surface area contributed by atoms with E-state index in [2.05, 4.69) is 38.9 Å². The van der Waals surface area contributed by atoms with Gasteiger partial charge in [-0.1, -0.05) is 12.1 Å². The van der Waals surface area contributed by atoms with E-state index >= 15 is 0 Å². The van der Waals surface area contributed by atoms with Crippen LogP contribution in [-0.2, 0) is 17.9 Å². The van der Waals surface area contributed by atoms with Crippen LogP contribution in [-0.4, -0.2) is 39.7 Å². The van der Waals surface area contributed by atoms with Crippen LogP contribution >= 0.6 is 11.3 Å². The number of likely N-dealkylation sites (tertiary alicyclic amines) is 1. The molecule has 2 aliphatic rings. The second kappa shape index (κ2) is 8.00. The first kappa shape index (κ1) is 18.4. The van der Waals surface area contributed by atoms with Crippen LogP contribution in [0.25, 0.3) is 10.2 Å². The largest absolute Gasteiger partial charge is 0.593 e. The summed E-state index contributed by atoms with van der Waals surface area (Å²) in [7, 11) is 0. The van der Waals surface area contributed by atoms with Gasteiger partial charge in [0.2, 0.25) is 0 Å². The first-order valence-corrected chi connectivity index (χ1v) is 11.7. The quantitative estimate of drug-likeness (QED) is 0.598. The second-order valence-electron chi connectivity index (χ2n) is 7.54. The lowest BCUT2D eigenvalue weighted by molar-refractivity contribution is 0.302. The molecule has 0 radical (unpaired) electrons. The molecule has 2 atom stereocenters. The van der Waals surface area contributed by atoms with Crippen LogP contribution in [0.3, 0.4) is 0 Å². The Bertz CT molecular complexity index is 942. The monoisotopic (exact) mass is 413 g/mol. The highest BCUT2D eigenvalue weighted by Gasteiger charge is 2.27. The first-order chi connectivity index (χ1) is 13.7. The highest BCUT2D eigenvalue weighted by molar-refractivity contribution is 7.89. The number of rotatable bonds is 7. The second-order valence-corrected chi connectivity index (χ2v) is 9.74. The Morgan fingerprint density at radius 1 is 1.21 bits per heavy atom. The maximum Gasteiger partial charge on any atom is 0.193 e. The van der Waals surface area contributed by atoms with Crippen molar-refractivity contribution in [2.24, 2.45) is 0 Å². The fourth-order valence-corrected chi connectivity index (χ4v) is 5.39. The summed E-state index contributed by atoms with van der Waals surface area (Å²) in [6, 6.07) is 12.6. The van der Waals surface area contributed by atoms with Crippen LogP contribution in [0.4, 0.5) is 0 Å². The van der Waals surface area contributed by atoms with Crippen molar-refractivity contribution in [1.82, 2.24) is 14.6 Å². The summed E-state index contributed by atoms with van der Waals surface area (Å²) in [5.41, 5.74) is 2.25. The number of fused-ring (bicyclic) bond motifs is 1. The van der Waals surface area contributed by atoms with E-state index in [9.17, 15) is 4.55 Å². The summed E-state index contributed by atoms with van der Waals surface area (Å²) in [6.07, 6.45) is 5.53. The number of hydrogen-bond acceptors (Lipinski definition) is 6. The lowest BCUT2D eigenvalue weighted by atomic mass is 10.2. The third-order valence-electron chi connectivity index (χ3n) is 5.19. The van der Waals surface area contributed by atoms with Crippen molar-refractivity contribution in [2.75, 3.05) is 13.1 Å². The van der Waals surface area contributed by atoms with Gasteiger partial charge in [-0.15, -0.1) is 16.1 Å². The Morgan fingerprint density at radius 2 is 2.07 bits per heavy atom. The van der Waals surface area contributed by atoms with E-state index in [1.165, 1.54) is 18.4 Å². The lowest BCUT2D eigenvalue weighted by Gasteiger charge is -2.18. The normalized spacial score (nSPS) is 21.2. The van der Waals surface area contributed by atoms with Gasteiger partial charge in [-0.05, 0) is 48.4 Å². The van der Waals surface area contributed by atoms with Crippen molar-refractivity contribution in [3.8, 4) is 5.75 Å². The van der Waals surface area contributed by atoms with E-state index in [-0.39, 0.29) is 6.04 Å². The molecule has 1 aromatic carbocycles. The number of aromatic nitrogens is 1. The summed E-state index contributed by atoms with van der Waals surface area (Å²) in [5, 5.41) is 2.01. The molecule has 1 aliphatic heterocycles. The van der Waals surface area contributed by atoms with Gasteiger partial charge in [0, 0.05) is 25.7 Å². The Kier molecular flexibility index (Phi) is 5.26. The highest BCUT2D eigenvalue weighted by atomic mass is 32.2. The maximum absolute atomic E-state index is 12.7. The highest BCUT2D eigenvalue weighted by Crippen LogP contribution is 2.27. The van der Waals surface area contributed by atoms with Crippen molar-refractivity contribution in [2.45, 2.75) is 42.8 Å². The molecule has 2 fully saturated rings. The van der Waals surface area contributed by atoms with Crippen LogP contribution < -0.4 is 9.46 Å². The number of thiophene rings is 1. The van der Waals surface area contributed by atoms with Crippen LogP contribution in [0.5, 0.6) is 5.75 Å². The van der Waals surface area contributed by atoms with E-state index in [0.717, 1.165) is 46.9 Å². The van der Waals surface area contributed by atoms with Gasteiger partial charge in [0.1, 0.15) is 5.75 Å². The van der Waals surface area contributed by atoms with Gasteiger partial charge in [0.15, 0.2) is 4.90 Å². The van der Waals surface area contributed by atoms with Gasteiger partial charge >= 0.3 is 0 Å². The molecule has 1 saturated carbocycles. The molecule has 1 N–H and O–H groups in total. The number of benzene rings is 1. The van der Waals surface area contributed by atoms with Crippen molar-refractivity contribution < 1.29 is 9.29 Å². The minimum absolute atomic E-state index is 0.234. The van der Waals surface area contributed by atoms with E-state index in [4.69, 9.17) is 4.74 Å². The molecule has 5 rings (SSSR count). The fourth-order valence-electron chi connectivity index (χ4n) is 3.53. The molecule has 146 valence electrons. The van der Waals surface area contributed by atoms with Crippen LogP contribution in [0, 0.1) is 0 Å². The van der Waals surface area contributed by atoms with E-state index in [1.807, 2.05) is 17.5 Å². The van der Waals surface area contributed by atoms with Gasteiger partial charge in [-0.25, -0.2) is 0 Å². The van der Waals surface area contributed by atoms with E-state index in [1.54, 1.807) is 17.5 Å². The SMILES string of the molecule is [O-][S+](N[C@@H]1CCN(Cc2ccc(OC3CC3)cc2)C1)c1cnc2ccsc2c1. The molecule has 0 amide bonds. The summed E-state index contributed by atoms with van der Waals surface area (Å²) in [4.78, 5) is 7.55. The predicted octanol–water partition coefficient (Wildman–Crippen LogP) is 3.72. The standard InChI is InChI=1S/C21H23N3O2S2/c25-28(19-11-21-20(22-12-19)8-10-27-21)23-16-7-9-24(14-16)13-15-1-3-17(4-2-15)26-18-5-6-18/h1-4,8,10-12,16,18,23H,5-7,9,13-14H2/t16-,28?/m1/s1. The first-order valence-electron chi connectivity index (χ1n) is 9.72. The number of ether oxygens (including phenoxy) is 1. The third kappa shape index (κ3) is 4.34. The van der Waals surface area contributed by atoms with E-state index < -0.39 is 11.4 Å². The molecule has 3 aromatic rings. The summed E-state index contributed by atoms with van der Waals surface area (Å²) in [5.74, 6) is 0.971. The van der Waals surface area contributed by atoms with E-state index in [0.29, 0.717) is 6.10 Å². The summed E-state index contributed by atoms with van der Waals surface area (Å²) < 4.78 is 22.9. The predicted molar refractivity (Wildman–Crippen MR) is 113 cm³/mol. The number of nitrogens with one attached hydrogen (secondary N) is 1. The molecule has 0 bridgehead atoms. The zero-order chi connectivity index (χ0) is 18.9. The number of hydrogen-bond donors (Lipinski definition) is 1. The molecule has 1 unspecified atom stereocenters. The van der Waals surface area contributed by atoms with Crippen molar-refractivity contribution >= 4 is 32.9 Å². The van der Waals surface area contributed by atoms with Crippen LogP contribution in [0.15, 0.2) is 52.9 Å². The molecule has 0 spiro atoms. The Labute approximate surface area is 172 Å². The van der Waals surface area contributed by atoms with Gasteiger partial charge in [0.05, 0.1) is 39.9 Å². The Morgan fingerprint density at radius 3 is 2.89 bits per heavy atom. The summed E-state index contributed by atoms with van der Waals surface area (Å²) >= 11 is 0.402. The third-order valence-corrected chi connectivity index (χ3v) is 7.25. The molecule has 7 heteroatoms. The number of pyridine rings is 1. The lowest BCUT2D eigenvalue weighted by Crippen LogP contribution is -2.37. The average Bonchev–Trinajstić information content (AvgIpc) is 3.21. The number of nitrogens with zero attached hydrogens (tertiary/aromatic N) is 2. The molecular formula is C21H23N3O2S2. The zero-order valence-electron chi connectivity index (χ0n) is 15.5. The smallest absolute Gasteiger partial charge is 0.193 e. The Hall–Kier alpha value is -1.64. The van der Waals surface area contributed by atoms with Gasteiger partial charge in [0.25, 0.3) is 0 Å². The molecule has 3 heterocycles. The summed E-state index contributed by atoms with van der Waals surface area (Å²) in [6.45, 7) is 2.83. The van der Waals surface area contributed by atoms with Gasteiger partial charge in [-0.2, -0.15) is 0 Å². The minimum Gasteiger partial charge on any atom is -0.593 e. The molecule has 1 aliphatic carbocycles. The minimum atomic E-state index is -1.23. The topological polar surface area (TPSA) is 60.5 Å². The van der Waals surface area contributed by atoms with Crippen LogP contribution in [0.1, 0.15) is 24.8 Å².